The molecule has 0 amide bonds. The molecule has 2 heterocycles. The van der Waals surface area contributed by atoms with Gasteiger partial charge in [0, 0.05) is 30.8 Å². The van der Waals surface area contributed by atoms with Crippen molar-refractivity contribution < 1.29 is 12.8 Å². The summed E-state index contributed by atoms with van der Waals surface area (Å²) in [7, 11) is -3.62. The Labute approximate surface area is 135 Å². The van der Waals surface area contributed by atoms with Gasteiger partial charge >= 0.3 is 0 Å². The molecule has 0 radical (unpaired) electrons. The fourth-order valence-electron chi connectivity index (χ4n) is 2.84. The van der Waals surface area contributed by atoms with E-state index in [1.165, 1.54) is 28.6 Å². The van der Waals surface area contributed by atoms with Crippen LogP contribution in [0.1, 0.15) is 32.0 Å². The van der Waals surface area contributed by atoms with Crippen molar-refractivity contribution in [2.24, 2.45) is 0 Å². The minimum atomic E-state index is -3.62. The van der Waals surface area contributed by atoms with Crippen LogP contribution >= 0.6 is 0 Å². The van der Waals surface area contributed by atoms with Crippen LogP contribution in [0.15, 0.2) is 35.4 Å². The predicted octanol–water partition coefficient (Wildman–Crippen LogP) is 2.52. The van der Waals surface area contributed by atoms with Gasteiger partial charge in [-0.25, -0.2) is 12.8 Å². The summed E-state index contributed by atoms with van der Waals surface area (Å²) >= 11 is 0. The van der Waals surface area contributed by atoms with Gasteiger partial charge in [-0.2, -0.15) is 9.40 Å². The number of aromatic nitrogens is 2. The minimum Gasteiger partial charge on any atom is -0.264 e. The van der Waals surface area contributed by atoms with E-state index < -0.39 is 15.8 Å². The van der Waals surface area contributed by atoms with Crippen molar-refractivity contribution in [3.05, 3.63) is 47.5 Å². The molecule has 0 fully saturated rings. The first kappa shape index (κ1) is 16.1. The van der Waals surface area contributed by atoms with E-state index in [2.05, 4.69) is 25.9 Å². The largest absolute Gasteiger partial charge is 0.264 e. The molecule has 1 aliphatic heterocycles. The molecule has 5 nitrogen and oxygen atoms in total. The summed E-state index contributed by atoms with van der Waals surface area (Å²) in [5, 5.41) is 4.42. The van der Waals surface area contributed by atoms with E-state index in [1.807, 2.05) is 4.68 Å². The summed E-state index contributed by atoms with van der Waals surface area (Å²) in [6, 6.07) is 4.94. The van der Waals surface area contributed by atoms with E-state index in [9.17, 15) is 12.8 Å². The fraction of sp³-hybridized carbons (Fsp3) is 0.438. The maximum atomic E-state index is 13.0. The molecule has 124 valence electrons. The Bertz CT molecular complexity index is 820. The Hall–Kier alpha value is -1.73. The summed E-state index contributed by atoms with van der Waals surface area (Å²) in [4.78, 5) is 0.116. The highest BCUT2D eigenvalue weighted by molar-refractivity contribution is 7.89. The highest BCUT2D eigenvalue weighted by atomic mass is 32.2. The van der Waals surface area contributed by atoms with Gasteiger partial charge in [-0.15, -0.1) is 0 Å². The number of hydrogen-bond acceptors (Lipinski definition) is 3. The van der Waals surface area contributed by atoms with Crippen LogP contribution in [0.5, 0.6) is 0 Å². The monoisotopic (exact) mass is 337 g/mol. The highest BCUT2D eigenvalue weighted by Crippen LogP contribution is 2.27. The molecule has 0 aliphatic carbocycles. The van der Waals surface area contributed by atoms with Gasteiger partial charge < -0.3 is 0 Å². The molecule has 0 saturated carbocycles. The maximum Gasteiger partial charge on any atom is 0.243 e. The molecule has 1 aromatic heterocycles. The van der Waals surface area contributed by atoms with Crippen molar-refractivity contribution in [2.45, 2.75) is 44.2 Å². The zero-order valence-electron chi connectivity index (χ0n) is 13.5. The highest BCUT2D eigenvalue weighted by Gasteiger charge is 2.31. The maximum absolute atomic E-state index is 13.0. The van der Waals surface area contributed by atoms with E-state index in [0.29, 0.717) is 19.5 Å². The third-order valence-electron chi connectivity index (χ3n) is 3.99. The number of benzene rings is 1. The van der Waals surface area contributed by atoms with Crippen molar-refractivity contribution in [3.8, 4) is 0 Å². The topological polar surface area (TPSA) is 55.2 Å². The quantitative estimate of drug-likeness (QED) is 0.846. The lowest BCUT2D eigenvalue weighted by molar-refractivity contribution is 0.325. The van der Waals surface area contributed by atoms with Gasteiger partial charge in [-0.05, 0) is 45.0 Å². The molecule has 2 aromatic rings. The van der Waals surface area contributed by atoms with Crippen molar-refractivity contribution in [2.75, 3.05) is 6.54 Å². The molecule has 0 bridgehead atoms. The summed E-state index contributed by atoms with van der Waals surface area (Å²) in [5.74, 6) is -0.448. The normalized spacial score (nSPS) is 16.3. The first-order chi connectivity index (χ1) is 10.7. The molecule has 1 aliphatic rings. The molecular formula is C16H20FN3O2S. The molecule has 0 saturated heterocycles. The van der Waals surface area contributed by atoms with Crippen LogP contribution in [0.3, 0.4) is 0 Å². The van der Waals surface area contributed by atoms with Crippen molar-refractivity contribution in [3.63, 3.8) is 0 Å². The van der Waals surface area contributed by atoms with Gasteiger partial charge in [0.15, 0.2) is 0 Å². The molecular weight excluding hydrogens is 317 g/mol. The van der Waals surface area contributed by atoms with E-state index in [0.717, 1.165) is 11.3 Å². The minimum absolute atomic E-state index is 0.116. The molecule has 0 unspecified atom stereocenters. The lowest BCUT2D eigenvalue weighted by atomic mass is 10.1. The number of nitrogens with zero attached hydrogens (tertiary/aromatic N) is 3. The third kappa shape index (κ3) is 2.90. The number of rotatable bonds is 2. The Kier molecular flexibility index (Phi) is 3.80. The van der Waals surface area contributed by atoms with Crippen LogP contribution < -0.4 is 0 Å². The average molecular weight is 337 g/mol. The fourth-order valence-corrected chi connectivity index (χ4v) is 4.26. The van der Waals surface area contributed by atoms with Gasteiger partial charge in [-0.3, -0.25) is 4.68 Å². The van der Waals surface area contributed by atoms with Crippen LogP contribution in [-0.4, -0.2) is 29.0 Å². The van der Waals surface area contributed by atoms with Crippen molar-refractivity contribution >= 4 is 10.0 Å². The van der Waals surface area contributed by atoms with Gasteiger partial charge in [0.25, 0.3) is 0 Å². The van der Waals surface area contributed by atoms with Crippen LogP contribution in [0.4, 0.5) is 4.39 Å². The Morgan fingerprint density at radius 2 is 1.83 bits per heavy atom. The zero-order chi connectivity index (χ0) is 16.8. The Balaban J connectivity index is 1.90. The van der Waals surface area contributed by atoms with Crippen molar-refractivity contribution in [1.29, 1.82) is 0 Å². The van der Waals surface area contributed by atoms with Gasteiger partial charge in [0.2, 0.25) is 10.0 Å². The van der Waals surface area contributed by atoms with E-state index >= 15 is 0 Å². The third-order valence-corrected chi connectivity index (χ3v) is 5.85. The molecule has 7 heteroatoms. The first-order valence-corrected chi connectivity index (χ1v) is 8.95. The number of halogens is 1. The molecule has 0 spiro atoms. The van der Waals surface area contributed by atoms with E-state index in [4.69, 9.17) is 0 Å². The Morgan fingerprint density at radius 3 is 2.43 bits per heavy atom. The molecule has 3 rings (SSSR count). The van der Waals surface area contributed by atoms with Crippen LogP contribution in [-0.2, 0) is 28.5 Å². The lowest BCUT2D eigenvalue weighted by Gasteiger charge is -2.29. The van der Waals surface area contributed by atoms with Crippen LogP contribution in [0.2, 0.25) is 0 Å². The van der Waals surface area contributed by atoms with Crippen LogP contribution in [0.25, 0.3) is 0 Å². The van der Waals surface area contributed by atoms with Gasteiger partial charge in [0.05, 0.1) is 16.6 Å². The average Bonchev–Trinajstić information content (AvgIpc) is 2.90. The molecule has 23 heavy (non-hydrogen) atoms. The molecule has 1 aromatic carbocycles. The van der Waals surface area contributed by atoms with Crippen LogP contribution in [0, 0.1) is 5.82 Å². The number of hydrogen-bond donors (Lipinski definition) is 0. The first-order valence-electron chi connectivity index (χ1n) is 7.51. The lowest BCUT2D eigenvalue weighted by Crippen LogP contribution is -2.37. The van der Waals surface area contributed by atoms with E-state index in [1.54, 1.807) is 6.20 Å². The summed E-state index contributed by atoms with van der Waals surface area (Å²) < 4.78 is 41.8. The molecule has 0 N–H and O–H groups in total. The van der Waals surface area contributed by atoms with E-state index in [-0.39, 0.29) is 10.4 Å². The Morgan fingerprint density at radius 1 is 1.17 bits per heavy atom. The smallest absolute Gasteiger partial charge is 0.243 e. The predicted molar refractivity (Wildman–Crippen MR) is 84.9 cm³/mol. The standard InChI is InChI=1S/C16H20FN3O2S/c1-16(2,3)20-15-8-9-19(11-12(15)10-18-20)23(21,22)14-6-4-13(17)5-7-14/h4-7,10H,8-9,11H2,1-3H3. The summed E-state index contributed by atoms with van der Waals surface area (Å²) in [5.41, 5.74) is 1.88. The van der Waals surface area contributed by atoms with Crippen molar-refractivity contribution in [1.82, 2.24) is 14.1 Å². The number of fused-ring (bicyclic) bond motifs is 1. The summed E-state index contributed by atoms with van der Waals surface area (Å²) in [6.45, 7) is 6.91. The number of sulfonamides is 1. The second kappa shape index (κ2) is 5.42. The summed E-state index contributed by atoms with van der Waals surface area (Å²) in [6.07, 6.45) is 2.36. The zero-order valence-corrected chi connectivity index (χ0v) is 14.3. The van der Waals surface area contributed by atoms with Gasteiger partial charge in [-0.1, -0.05) is 0 Å². The second-order valence-electron chi connectivity index (χ2n) is 6.74. The van der Waals surface area contributed by atoms with Gasteiger partial charge in [0.1, 0.15) is 5.82 Å². The molecule has 0 atom stereocenters. The SMILES string of the molecule is CC(C)(C)n1ncc2c1CCN(S(=O)(=O)c1ccc(F)cc1)C2. The second-order valence-corrected chi connectivity index (χ2v) is 8.68.